The van der Waals surface area contributed by atoms with Gasteiger partial charge in [-0.1, -0.05) is 124 Å². The van der Waals surface area contributed by atoms with Crippen molar-refractivity contribution in [2.45, 2.75) is 160 Å². The zero-order valence-corrected chi connectivity index (χ0v) is 63.3. The zero-order valence-electron chi connectivity index (χ0n) is 61.3. The van der Waals surface area contributed by atoms with Gasteiger partial charge in [0.2, 0.25) is 0 Å². The molecule has 21 nitrogen and oxygen atoms in total. The summed E-state index contributed by atoms with van der Waals surface area (Å²) in [5.41, 5.74) is 3.46. The lowest BCUT2D eigenvalue weighted by Crippen LogP contribution is -2.37. The summed E-state index contributed by atoms with van der Waals surface area (Å²) in [5, 5.41) is 9.33. The summed E-state index contributed by atoms with van der Waals surface area (Å²) in [6.07, 6.45) is 12.4. The Hall–Kier alpha value is -7.95. The van der Waals surface area contributed by atoms with Crippen molar-refractivity contribution in [3.63, 3.8) is 0 Å². The van der Waals surface area contributed by atoms with Crippen LogP contribution in [0.25, 0.3) is 12.2 Å². The van der Waals surface area contributed by atoms with E-state index in [1.807, 2.05) is 80.6 Å². The molecule has 4 unspecified atom stereocenters. The molecule has 5 aromatic rings. The van der Waals surface area contributed by atoms with Gasteiger partial charge in [-0.2, -0.15) is 0 Å². The molecule has 0 aliphatic carbocycles. The first-order valence-electron chi connectivity index (χ1n) is 33.9. The number of carbonyl (C=O) groups excluding carboxylic acids is 4. The van der Waals surface area contributed by atoms with Crippen molar-refractivity contribution in [3.8, 4) is 28.7 Å². The maximum Gasteiger partial charge on any atom is 0.342 e. The predicted molar refractivity (Wildman–Crippen MR) is 391 cm³/mol. The van der Waals surface area contributed by atoms with Gasteiger partial charge in [-0.25, -0.2) is 19.2 Å². The van der Waals surface area contributed by atoms with E-state index in [9.17, 15) is 24.3 Å². The van der Waals surface area contributed by atoms with Crippen molar-refractivity contribution >= 4 is 52.2 Å². The molecular weight excluding hydrogens is 1330 g/mol. The lowest BCUT2D eigenvalue weighted by molar-refractivity contribution is -0.153. The van der Waals surface area contributed by atoms with Crippen LogP contribution in [0.5, 0.6) is 28.7 Å². The van der Waals surface area contributed by atoms with Crippen LogP contribution >= 0.6 is 0 Å². The zero-order chi connectivity index (χ0) is 73.6. The Bertz CT molecular complexity index is 3500. The molecular formula is C78H104O21Si2. The maximum absolute atomic E-state index is 13.5. The molecule has 0 amide bonds. The molecule has 2 aliphatic heterocycles. The fraction of sp³-hybridized carbons (Fsp3) is 0.462. The lowest BCUT2D eigenvalue weighted by atomic mass is 10.0. The first-order valence-corrected chi connectivity index (χ1v) is 41.3. The molecule has 0 bridgehead atoms. The van der Waals surface area contributed by atoms with E-state index >= 15 is 0 Å². The topological polar surface area (TPSA) is 236 Å². The van der Waals surface area contributed by atoms with Gasteiger partial charge in [-0.05, 0) is 143 Å². The van der Waals surface area contributed by atoms with Gasteiger partial charge in [0.25, 0.3) is 0 Å². The van der Waals surface area contributed by atoms with E-state index in [0.717, 1.165) is 23.4 Å². The molecule has 2 heterocycles. The summed E-state index contributed by atoms with van der Waals surface area (Å²) in [7, 11) is 4.84. The second-order valence-corrected chi connectivity index (χ2v) is 38.5. The van der Waals surface area contributed by atoms with Gasteiger partial charge in [-0.3, -0.25) is 0 Å². The first-order chi connectivity index (χ1) is 48.2. The van der Waals surface area contributed by atoms with Gasteiger partial charge in [-0.15, -0.1) is 0 Å². The molecule has 0 spiro atoms. The maximum atomic E-state index is 13.5. The molecule has 2 saturated heterocycles. The minimum absolute atomic E-state index is 0.0466. The number of ether oxygens (including phenoxy) is 16. The van der Waals surface area contributed by atoms with E-state index < -0.39 is 88.2 Å². The van der Waals surface area contributed by atoms with Crippen LogP contribution in [0.3, 0.4) is 0 Å². The van der Waals surface area contributed by atoms with E-state index in [1.54, 1.807) is 119 Å². The first kappa shape index (κ1) is 82.0. The molecule has 0 saturated carbocycles. The third kappa shape index (κ3) is 27.7. The Kier molecular flexibility index (Phi) is 33.0. The highest BCUT2D eigenvalue weighted by atomic mass is 28.3. The van der Waals surface area contributed by atoms with Crippen molar-refractivity contribution in [1.82, 2.24) is 0 Å². The van der Waals surface area contributed by atoms with Crippen LogP contribution in [0, 0.1) is 0 Å². The number of methoxy groups -OCH3 is 5. The Morgan fingerprint density at radius 3 is 1.31 bits per heavy atom. The molecule has 5 aromatic carbocycles. The Morgan fingerprint density at radius 2 is 0.921 bits per heavy atom. The highest BCUT2D eigenvalue weighted by Crippen LogP contribution is 2.38. The van der Waals surface area contributed by atoms with E-state index in [1.165, 1.54) is 21.3 Å². The van der Waals surface area contributed by atoms with Crippen molar-refractivity contribution in [1.29, 1.82) is 0 Å². The summed E-state index contributed by atoms with van der Waals surface area (Å²) >= 11 is 0. The predicted octanol–water partition coefficient (Wildman–Crippen LogP) is 14.8. The van der Waals surface area contributed by atoms with Crippen LogP contribution in [-0.4, -0.2) is 169 Å². The normalized spacial score (nSPS) is 17.9. The standard InChI is InChI=1S/C43H56O11Si.C35H48O10Si/c1-43(2)53-37(19-14-17-33-27-35(48-5)28-38(51-30-46-3)39(33)42(45)50-25-26-55(6,7)8)40(54-43)36(52-41(44)32-15-10-9-11-16-32)18-12-13-24-49-29-31-20-22-34(47-4)23-21-31;1-35(2)44-29(32(45-35)28(17-11-12-19-36)43-33(37)25-14-9-8-10-15-25)18-13-16-26-22-27(40-4)23-30(42-24-39-3)31(26)34(38)41-20-21-46(5,6)7/h9-12,14-18,20-23,27-28,36-37,40H,13,19,24-26,29-30H2,1-8H3;8-11,13-17,22-23,28-29,32,36H,12,18-21,24H2,1-7H3/b17-14+,18-12-;16-13+,17-11-/t36?,37-,40?;28?,29-,32?/m00/s1. The molecule has 6 atom stereocenters. The molecule has 0 radical (unpaired) electrons. The van der Waals surface area contributed by atoms with E-state index in [2.05, 4.69) is 39.3 Å². The van der Waals surface area contributed by atoms with Gasteiger partial charge >= 0.3 is 23.9 Å². The summed E-state index contributed by atoms with van der Waals surface area (Å²) in [4.78, 5) is 53.3. The van der Waals surface area contributed by atoms with Crippen LogP contribution in [0.15, 0.2) is 146 Å². The molecule has 2 fully saturated rings. The summed E-state index contributed by atoms with van der Waals surface area (Å²) in [6.45, 7) is 21.9. The van der Waals surface area contributed by atoms with Crippen molar-refractivity contribution < 1.29 is 100 Å². The minimum Gasteiger partial charge on any atom is -0.497 e. The second kappa shape index (κ2) is 40.6. The molecule has 101 heavy (non-hydrogen) atoms. The fourth-order valence-corrected chi connectivity index (χ4v) is 12.0. The van der Waals surface area contributed by atoms with Gasteiger partial charge in [0, 0.05) is 49.1 Å². The van der Waals surface area contributed by atoms with Gasteiger partial charge < -0.3 is 80.9 Å². The highest BCUT2D eigenvalue weighted by Gasteiger charge is 2.47. The number of hydrogen-bond acceptors (Lipinski definition) is 21. The third-order valence-electron chi connectivity index (χ3n) is 15.7. The van der Waals surface area contributed by atoms with Crippen molar-refractivity contribution in [3.05, 3.63) is 185 Å². The minimum atomic E-state index is -1.45. The molecule has 7 rings (SSSR count). The summed E-state index contributed by atoms with van der Waals surface area (Å²) in [5.74, 6) is -1.57. The average Bonchev–Trinajstić information content (AvgIpc) is 1.79. The average molecular weight is 1430 g/mol. The van der Waals surface area contributed by atoms with Crippen molar-refractivity contribution in [2.24, 2.45) is 0 Å². The molecule has 23 heteroatoms. The van der Waals surface area contributed by atoms with Gasteiger partial charge in [0.05, 0.1) is 71.1 Å². The van der Waals surface area contributed by atoms with Crippen LogP contribution in [-0.2, 0) is 58.7 Å². The lowest BCUT2D eigenvalue weighted by Gasteiger charge is -2.24. The Labute approximate surface area is 597 Å². The number of benzene rings is 5. The number of rotatable bonds is 38. The van der Waals surface area contributed by atoms with Crippen LogP contribution in [0.4, 0.5) is 0 Å². The molecule has 1 N–H and O–H groups in total. The molecule has 550 valence electrons. The van der Waals surface area contributed by atoms with Crippen LogP contribution in [0.1, 0.15) is 112 Å². The molecule has 0 aromatic heterocycles. The quantitative estimate of drug-likeness (QED) is 0.00965. The van der Waals surface area contributed by atoms with Crippen molar-refractivity contribution in [2.75, 3.05) is 75.6 Å². The van der Waals surface area contributed by atoms with Crippen LogP contribution < -0.4 is 23.7 Å². The second-order valence-electron chi connectivity index (χ2n) is 27.3. The fourth-order valence-electron chi connectivity index (χ4n) is 10.5. The van der Waals surface area contributed by atoms with E-state index in [-0.39, 0.29) is 42.8 Å². The smallest absolute Gasteiger partial charge is 0.342 e. The van der Waals surface area contributed by atoms with Gasteiger partial charge in [0.1, 0.15) is 64.3 Å². The summed E-state index contributed by atoms with van der Waals surface area (Å²) in [6, 6.07) is 33.7. The van der Waals surface area contributed by atoms with Gasteiger partial charge in [0.15, 0.2) is 25.2 Å². The third-order valence-corrected chi connectivity index (χ3v) is 19.1. The number of carbonyl (C=O) groups is 4. The monoisotopic (exact) mass is 1430 g/mol. The number of aliphatic hydroxyl groups is 1. The van der Waals surface area contributed by atoms with E-state index in [0.29, 0.717) is 85.9 Å². The number of esters is 4. The Morgan fingerprint density at radius 1 is 0.505 bits per heavy atom. The highest BCUT2D eigenvalue weighted by molar-refractivity contribution is 6.76. The number of hydrogen-bond donors (Lipinski definition) is 1. The van der Waals surface area contributed by atoms with E-state index in [4.69, 9.17) is 75.8 Å². The summed E-state index contributed by atoms with van der Waals surface area (Å²) < 4.78 is 92.7. The SMILES string of the molecule is COCOc1cc(OC)cc(/C=C/C[C@@H]2OC(C)(C)OC2C(/C=C\CCO)OC(=O)c2ccccc2)c1C(=O)OCC[Si](C)(C)C.COCOc1cc(OC)cc(/C=C/C[C@@H]2OC(C)(C)OC2C(/C=C\CCOCc2ccc(OC)cc2)OC(=O)c2ccccc2)c1C(=O)OCC[Si](C)(C)C. The number of aliphatic hydroxyl groups excluding tert-OH is 1. The largest absolute Gasteiger partial charge is 0.497 e. The molecule has 2 aliphatic rings. The Balaban J connectivity index is 0.000000323. The van der Waals surface area contributed by atoms with Crippen LogP contribution in [0.2, 0.25) is 51.4 Å².